The molecule has 2 aromatic rings. The Kier molecular flexibility index (Phi) is 2.97. The highest BCUT2D eigenvalue weighted by atomic mass is 19.4. The summed E-state index contributed by atoms with van der Waals surface area (Å²) in [5.74, 6) is -1.37. The number of aromatic amines is 1. The summed E-state index contributed by atoms with van der Waals surface area (Å²) in [6, 6.07) is 3.87. The number of alkyl halides is 3. The fourth-order valence-corrected chi connectivity index (χ4v) is 1.52. The lowest BCUT2D eigenvalue weighted by Gasteiger charge is -2.00. The maximum absolute atomic E-state index is 12.3. The van der Waals surface area contributed by atoms with Crippen LogP contribution in [0.5, 0.6) is 0 Å². The molecule has 2 rings (SSSR count). The molecule has 1 heterocycles. The minimum Gasteiger partial charge on any atom is -0.258 e. The number of nitrogens with one attached hydrogen (secondary N) is 1. The van der Waals surface area contributed by atoms with E-state index in [1.807, 2.05) is 0 Å². The zero-order chi connectivity index (χ0) is 14.2. The maximum atomic E-state index is 12.3. The predicted molar refractivity (Wildman–Crippen MR) is 58.2 cm³/mol. The van der Waals surface area contributed by atoms with E-state index in [1.54, 1.807) is 5.10 Å². The first-order valence-electron chi connectivity index (χ1n) is 5.04. The molecule has 0 aliphatic rings. The van der Waals surface area contributed by atoms with E-state index in [1.165, 1.54) is 25.1 Å². The highest BCUT2D eigenvalue weighted by Gasteiger charge is 2.35. The molecule has 0 saturated carbocycles. The normalized spacial score (nSPS) is 11.6. The van der Waals surface area contributed by atoms with Crippen LogP contribution in [0, 0.1) is 17.0 Å². The van der Waals surface area contributed by atoms with E-state index in [0.29, 0.717) is 5.56 Å². The lowest BCUT2D eigenvalue weighted by atomic mass is 10.1. The summed E-state index contributed by atoms with van der Waals surface area (Å²) in [5.41, 5.74) is 0.478. The van der Waals surface area contributed by atoms with Gasteiger partial charge in [-0.1, -0.05) is 0 Å². The van der Waals surface area contributed by atoms with Gasteiger partial charge in [0.1, 0.15) is 0 Å². The number of nitrogens with zero attached hydrogens (tertiary/aromatic N) is 3. The van der Waals surface area contributed by atoms with Crippen LogP contribution in [-0.2, 0) is 6.18 Å². The monoisotopic (exact) mass is 272 g/mol. The Morgan fingerprint density at radius 1 is 1.37 bits per heavy atom. The van der Waals surface area contributed by atoms with Crippen LogP contribution >= 0.6 is 0 Å². The lowest BCUT2D eigenvalue weighted by molar-refractivity contribution is -0.385. The Hall–Kier alpha value is -2.45. The highest BCUT2D eigenvalue weighted by molar-refractivity contribution is 5.59. The molecular weight excluding hydrogens is 265 g/mol. The minimum atomic E-state index is -4.61. The van der Waals surface area contributed by atoms with Gasteiger partial charge < -0.3 is 0 Å². The fourth-order valence-electron chi connectivity index (χ4n) is 1.52. The number of aryl methyl sites for hydroxylation is 1. The molecule has 0 aliphatic carbocycles. The van der Waals surface area contributed by atoms with Crippen LogP contribution in [0.4, 0.5) is 18.9 Å². The van der Waals surface area contributed by atoms with E-state index in [-0.39, 0.29) is 17.1 Å². The van der Waals surface area contributed by atoms with Crippen LogP contribution in [0.15, 0.2) is 18.2 Å². The van der Waals surface area contributed by atoms with Crippen molar-refractivity contribution in [2.24, 2.45) is 0 Å². The Morgan fingerprint density at radius 3 is 2.53 bits per heavy atom. The molecule has 19 heavy (non-hydrogen) atoms. The molecule has 0 atom stereocenters. The van der Waals surface area contributed by atoms with Gasteiger partial charge in [0, 0.05) is 17.2 Å². The second-order valence-electron chi connectivity index (χ2n) is 3.76. The second-order valence-corrected chi connectivity index (χ2v) is 3.76. The van der Waals surface area contributed by atoms with Crippen LogP contribution < -0.4 is 0 Å². The molecule has 0 bridgehead atoms. The van der Waals surface area contributed by atoms with Crippen molar-refractivity contribution >= 4 is 5.69 Å². The Morgan fingerprint density at radius 2 is 2.05 bits per heavy atom. The molecule has 0 aliphatic heterocycles. The van der Waals surface area contributed by atoms with Gasteiger partial charge in [-0.25, -0.2) is 4.98 Å². The number of benzene rings is 1. The van der Waals surface area contributed by atoms with E-state index in [9.17, 15) is 23.3 Å². The van der Waals surface area contributed by atoms with Crippen LogP contribution in [-0.4, -0.2) is 20.1 Å². The van der Waals surface area contributed by atoms with Crippen molar-refractivity contribution in [1.29, 1.82) is 0 Å². The number of rotatable bonds is 2. The van der Waals surface area contributed by atoms with Crippen molar-refractivity contribution in [2.75, 3.05) is 0 Å². The van der Waals surface area contributed by atoms with Crippen molar-refractivity contribution in [1.82, 2.24) is 15.2 Å². The molecule has 0 unspecified atom stereocenters. The zero-order valence-corrected chi connectivity index (χ0v) is 9.52. The first-order valence-corrected chi connectivity index (χ1v) is 5.04. The molecule has 1 N–H and O–H groups in total. The van der Waals surface area contributed by atoms with E-state index < -0.39 is 16.9 Å². The summed E-state index contributed by atoms with van der Waals surface area (Å²) in [6.45, 7) is 1.49. The Labute approximate surface area is 104 Å². The van der Waals surface area contributed by atoms with Gasteiger partial charge in [0.05, 0.1) is 4.92 Å². The van der Waals surface area contributed by atoms with Crippen molar-refractivity contribution in [3.05, 3.63) is 39.7 Å². The average molecular weight is 272 g/mol. The summed E-state index contributed by atoms with van der Waals surface area (Å²) in [7, 11) is 0. The molecule has 0 saturated heterocycles. The first kappa shape index (κ1) is 13.0. The summed E-state index contributed by atoms with van der Waals surface area (Å²) in [5, 5.41) is 15.8. The number of nitro benzene ring substituents is 1. The lowest BCUT2D eigenvalue weighted by Crippen LogP contribution is -2.07. The fraction of sp³-hybridized carbons (Fsp3) is 0.200. The number of H-pyrrole nitrogens is 1. The molecule has 100 valence electrons. The Bertz CT molecular complexity index is 636. The van der Waals surface area contributed by atoms with Crippen molar-refractivity contribution in [3.63, 3.8) is 0 Å². The summed E-state index contributed by atoms with van der Waals surface area (Å²) < 4.78 is 37.0. The van der Waals surface area contributed by atoms with E-state index in [0.717, 1.165) is 0 Å². The number of nitro groups is 1. The third-order valence-electron chi connectivity index (χ3n) is 2.41. The molecular formula is C10H7F3N4O2. The SMILES string of the molecule is Cc1cc(-c2n[nH]c(C(F)(F)F)n2)ccc1[N+](=O)[O-]. The zero-order valence-electron chi connectivity index (χ0n) is 9.52. The Balaban J connectivity index is 2.40. The number of halogens is 3. The summed E-state index contributed by atoms with van der Waals surface area (Å²) in [4.78, 5) is 13.4. The summed E-state index contributed by atoms with van der Waals surface area (Å²) >= 11 is 0. The van der Waals surface area contributed by atoms with Crippen LogP contribution in [0.3, 0.4) is 0 Å². The van der Waals surface area contributed by atoms with E-state index >= 15 is 0 Å². The molecule has 0 fully saturated rings. The quantitative estimate of drug-likeness (QED) is 0.672. The number of hydrogen-bond acceptors (Lipinski definition) is 4. The molecule has 1 aromatic heterocycles. The minimum absolute atomic E-state index is 0.115. The molecule has 6 nitrogen and oxygen atoms in total. The van der Waals surface area contributed by atoms with Gasteiger partial charge in [0.2, 0.25) is 5.82 Å². The molecule has 1 aromatic carbocycles. The largest absolute Gasteiger partial charge is 0.451 e. The summed E-state index contributed by atoms with van der Waals surface area (Å²) in [6.07, 6.45) is -4.61. The smallest absolute Gasteiger partial charge is 0.258 e. The van der Waals surface area contributed by atoms with Gasteiger partial charge in [-0.2, -0.15) is 18.3 Å². The van der Waals surface area contributed by atoms with Gasteiger partial charge in [-0.15, -0.1) is 0 Å². The topological polar surface area (TPSA) is 84.7 Å². The van der Waals surface area contributed by atoms with Gasteiger partial charge in [-0.05, 0) is 19.1 Å². The molecule has 0 spiro atoms. The maximum Gasteiger partial charge on any atom is 0.451 e. The molecule has 0 radical (unpaired) electrons. The number of hydrogen-bond donors (Lipinski definition) is 1. The van der Waals surface area contributed by atoms with Crippen molar-refractivity contribution in [2.45, 2.75) is 13.1 Å². The third kappa shape index (κ3) is 2.54. The number of aromatic nitrogens is 3. The first-order chi connectivity index (χ1) is 8.79. The van der Waals surface area contributed by atoms with Crippen molar-refractivity contribution < 1.29 is 18.1 Å². The van der Waals surface area contributed by atoms with Crippen LogP contribution in [0.25, 0.3) is 11.4 Å². The molecule has 0 amide bonds. The van der Waals surface area contributed by atoms with Gasteiger partial charge in [0.25, 0.3) is 5.69 Å². The van der Waals surface area contributed by atoms with Crippen LogP contribution in [0.1, 0.15) is 11.4 Å². The van der Waals surface area contributed by atoms with Gasteiger partial charge in [0.15, 0.2) is 5.82 Å². The average Bonchev–Trinajstić information content (AvgIpc) is 2.76. The highest BCUT2D eigenvalue weighted by Crippen LogP contribution is 2.29. The van der Waals surface area contributed by atoms with Crippen LogP contribution in [0.2, 0.25) is 0 Å². The third-order valence-corrected chi connectivity index (χ3v) is 2.41. The second kappa shape index (κ2) is 4.34. The van der Waals surface area contributed by atoms with E-state index in [4.69, 9.17) is 0 Å². The molecule has 9 heteroatoms. The van der Waals surface area contributed by atoms with Crippen molar-refractivity contribution in [3.8, 4) is 11.4 Å². The van der Waals surface area contributed by atoms with Gasteiger partial charge >= 0.3 is 6.18 Å². The predicted octanol–water partition coefficient (Wildman–Crippen LogP) is 2.71. The van der Waals surface area contributed by atoms with E-state index in [2.05, 4.69) is 10.1 Å². The van der Waals surface area contributed by atoms with Gasteiger partial charge in [-0.3, -0.25) is 15.2 Å². The standard InChI is InChI=1S/C10H7F3N4O2/c1-5-4-6(2-3-7(5)17(18)19)8-14-9(16-15-8)10(11,12)13/h2-4H,1H3,(H,14,15,16).